The van der Waals surface area contributed by atoms with Crippen LogP contribution in [0, 0.1) is 0 Å². The molecule has 8 heteroatoms. The first-order valence-electron chi connectivity index (χ1n) is 5.69. The molecule has 0 spiro atoms. The quantitative estimate of drug-likeness (QED) is 0.827. The maximum absolute atomic E-state index is 12.2. The Labute approximate surface area is 136 Å². The normalized spacial score (nSPS) is 10.3. The summed E-state index contributed by atoms with van der Waals surface area (Å²) in [6.07, 6.45) is 0. The number of aromatic nitrogens is 1. The highest BCUT2D eigenvalue weighted by atomic mass is 35.5. The average molecular weight is 347 g/mol. The Kier molecular flexibility index (Phi) is 4.77. The van der Waals surface area contributed by atoms with Gasteiger partial charge in [0.05, 0.1) is 12.8 Å². The number of benzene rings is 1. The molecule has 1 heterocycles. The Morgan fingerprint density at radius 1 is 1.19 bits per heavy atom. The summed E-state index contributed by atoms with van der Waals surface area (Å²) in [5.41, 5.74) is 6.26. The summed E-state index contributed by atoms with van der Waals surface area (Å²) in [7, 11) is 1.55. The van der Waals surface area contributed by atoms with Crippen LogP contribution in [0.2, 0.25) is 15.3 Å². The topological polar surface area (TPSA) is 77.2 Å². The van der Waals surface area contributed by atoms with Gasteiger partial charge in [-0.25, -0.2) is 4.98 Å². The van der Waals surface area contributed by atoms with Crippen LogP contribution in [0.25, 0.3) is 0 Å². The van der Waals surface area contributed by atoms with Gasteiger partial charge >= 0.3 is 0 Å². The summed E-state index contributed by atoms with van der Waals surface area (Å²) in [5.74, 6) is 0.135. The van der Waals surface area contributed by atoms with Gasteiger partial charge in [-0.1, -0.05) is 34.8 Å². The van der Waals surface area contributed by atoms with Crippen molar-refractivity contribution in [1.82, 2.24) is 4.98 Å². The molecule has 0 unspecified atom stereocenters. The molecule has 3 N–H and O–H groups in total. The lowest BCUT2D eigenvalue weighted by molar-refractivity contribution is 0.102. The smallest absolute Gasteiger partial charge is 0.260 e. The van der Waals surface area contributed by atoms with Crippen molar-refractivity contribution in [1.29, 1.82) is 0 Å². The Balaban J connectivity index is 2.30. The lowest BCUT2D eigenvalue weighted by Gasteiger charge is -2.11. The van der Waals surface area contributed by atoms with Crippen LogP contribution in [0.15, 0.2) is 24.3 Å². The van der Waals surface area contributed by atoms with Crippen LogP contribution in [-0.4, -0.2) is 18.0 Å². The minimum Gasteiger partial charge on any atom is -0.497 e. The van der Waals surface area contributed by atoms with Gasteiger partial charge in [-0.15, -0.1) is 0 Å². The Bertz CT molecular complexity index is 690. The molecule has 0 fully saturated rings. The van der Waals surface area contributed by atoms with Crippen LogP contribution in [0.3, 0.4) is 0 Å². The van der Waals surface area contributed by atoms with Crippen molar-refractivity contribution >= 4 is 52.1 Å². The van der Waals surface area contributed by atoms with E-state index in [1.54, 1.807) is 31.4 Å². The van der Waals surface area contributed by atoms with E-state index in [9.17, 15) is 4.79 Å². The fourth-order valence-electron chi connectivity index (χ4n) is 1.61. The van der Waals surface area contributed by atoms with Gasteiger partial charge in [0.2, 0.25) is 0 Å². The molecular formula is C13H10Cl3N3O2. The number of methoxy groups -OCH3 is 1. The number of rotatable bonds is 3. The van der Waals surface area contributed by atoms with Gasteiger partial charge in [-0.2, -0.15) is 0 Å². The number of hydrogen-bond donors (Lipinski definition) is 2. The summed E-state index contributed by atoms with van der Waals surface area (Å²) in [4.78, 5) is 16.0. The summed E-state index contributed by atoms with van der Waals surface area (Å²) < 4.78 is 5.03. The van der Waals surface area contributed by atoms with E-state index in [-0.39, 0.29) is 26.6 Å². The molecule has 2 rings (SSSR count). The zero-order chi connectivity index (χ0) is 15.6. The molecule has 21 heavy (non-hydrogen) atoms. The number of halogens is 3. The molecule has 0 atom stereocenters. The van der Waals surface area contributed by atoms with Gasteiger partial charge in [0, 0.05) is 5.69 Å². The Hall–Kier alpha value is -1.69. The van der Waals surface area contributed by atoms with E-state index in [0.717, 1.165) is 0 Å². The van der Waals surface area contributed by atoms with Gasteiger partial charge in [-0.3, -0.25) is 4.79 Å². The number of pyridine rings is 1. The molecule has 1 aromatic heterocycles. The zero-order valence-corrected chi connectivity index (χ0v) is 13.1. The molecule has 0 radical (unpaired) electrons. The second-order valence-corrected chi connectivity index (χ2v) is 5.07. The average Bonchev–Trinajstić information content (AvgIpc) is 2.45. The van der Waals surface area contributed by atoms with Crippen LogP contribution in [0.5, 0.6) is 5.75 Å². The number of carbonyl (C=O) groups is 1. The lowest BCUT2D eigenvalue weighted by Crippen LogP contribution is -2.16. The van der Waals surface area contributed by atoms with Crippen molar-refractivity contribution < 1.29 is 9.53 Å². The second-order valence-electron chi connectivity index (χ2n) is 3.98. The number of hydrogen-bond acceptors (Lipinski definition) is 4. The number of ether oxygens (including phenoxy) is 1. The summed E-state index contributed by atoms with van der Waals surface area (Å²) in [5, 5.41) is 2.45. The van der Waals surface area contributed by atoms with E-state index in [4.69, 9.17) is 45.3 Å². The van der Waals surface area contributed by atoms with Crippen molar-refractivity contribution in [2.45, 2.75) is 0 Å². The van der Waals surface area contributed by atoms with E-state index in [0.29, 0.717) is 11.4 Å². The molecule has 0 saturated carbocycles. The maximum atomic E-state index is 12.2. The van der Waals surface area contributed by atoms with Crippen molar-refractivity contribution in [3.63, 3.8) is 0 Å². The lowest BCUT2D eigenvalue weighted by atomic mass is 10.2. The first-order valence-corrected chi connectivity index (χ1v) is 6.82. The van der Waals surface area contributed by atoms with E-state index in [1.165, 1.54) is 0 Å². The third-order valence-corrected chi connectivity index (χ3v) is 3.69. The highest BCUT2D eigenvalue weighted by Crippen LogP contribution is 2.33. The minimum absolute atomic E-state index is 0.0130. The number of nitrogen functional groups attached to an aromatic ring is 1. The van der Waals surface area contributed by atoms with E-state index in [2.05, 4.69) is 10.3 Å². The molecule has 5 nitrogen and oxygen atoms in total. The molecule has 1 amide bonds. The molecule has 0 aliphatic heterocycles. The number of nitrogens with one attached hydrogen (secondary N) is 1. The number of nitrogens with two attached hydrogens (primary N) is 1. The predicted molar refractivity (Wildman–Crippen MR) is 84.6 cm³/mol. The van der Waals surface area contributed by atoms with Gasteiger partial charge in [0.1, 0.15) is 21.5 Å². The fraction of sp³-hybridized carbons (Fsp3) is 0.0769. The fourth-order valence-corrected chi connectivity index (χ4v) is 2.25. The third kappa shape index (κ3) is 3.32. The van der Waals surface area contributed by atoms with E-state index < -0.39 is 5.91 Å². The van der Waals surface area contributed by atoms with Gasteiger partial charge in [0.15, 0.2) is 5.15 Å². The highest BCUT2D eigenvalue weighted by Gasteiger charge is 2.20. The maximum Gasteiger partial charge on any atom is 0.260 e. The van der Waals surface area contributed by atoms with Crippen LogP contribution in [0.1, 0.15) is 10.4 Å². The van der Waals surface area contributed by atoms with Crippen molar-refractivity contribution in [3.8, 4) is 5.75 Å². The largest absolute Gasteiger partial charge is 0.497 e. The summed E-state index contributed by atoms with van der Waals surface area (Å²) in [6, 6.07) is 6.75. The predicted octanol–water partition coefficient (Wildman–Crippen LogP) is 3.88. The van der Waals surface area contributed by atoms with Gasteiger partial charge < -0.3 is 15.8 Å². The minimum atomic E-state index is -0.534. The van der Waals surface area contributed by atoms with Crippen LogP contribution < -0.4 is 15.8 Å². The van der Waals surface area contributed by atoms with Crippen molar-refractivity contribution in [3.05, 3.63) is 45.2 Å². The molecule has 110 valence electrons. The SMILES string of the molecule is COc1ccc(NC(=O)c2c(Cl)nc(Cl)c(Cl)c2N)cc1. The molecule has 0 aliphatic rings. The van der Waals surface area contributed by atoms with Crippen molar-refractivity contribution in [2.24, 2.45) is 0 Å². The first kappa shape index (κ1) is 15.7. The van der Waals surface area contributed by atoms with E-state index >= 15 is 0 Å². The standard InChI is InChI=1S/C13H10Cl3N3O2/c1-21-7-4-2-6(3-5-7)18-13(20)8-10(17)9(14)12(16)19-11(8)15/h2-5H,1H3,(H2,17,19)(H,18,20). The Morgan fingerprint density at radius 3 is 2.38 bits per heavy atom. The van der Waals surface area contributed by atoms with E-state index in [1.807, 2.05) is 0 Å². The van der Waals surface area contributed by atoms with Crippen molar-refractivity contribution in [2.75, 3.05) is 18.2 Å². The Morgan fingerprint density at radius 2 is 1.81 bits per heavy atom. The number of nitrogens with zero attached hydrogens (tertiary/aromatic N) is 1. The first-order chi connectivity index (χ1) is 9.93. The molecule has 0 saturated heterocycles. The van der Waals surface area contributed by atoms with Crippen LogP contribution in [0.4, 0.5) is 11.4 Å². The molecule has 1 aromatic carbocycles. The monoisotopic (exact) mass is 345 g/mol. The second kappa shape index (κ2) is 6.39. The van der Waals surface area contributed by atoms with Crippen LogP contribution >= 0.6 is 34.8 Å². The summed E-state index contributed by atoms with van der Waals surface area (Å²) in [6.45, 7) is 0. The number of amides is 1. The van der Waals surface area contributed by atoms with Crippen LogP contribution in [-0.2, 0) is 0 Å². The van der Waals surface area contributed by atoms with Gasteiger partial charge in [-0.05, 0) is 24.3 Å². The van der Waals surface area contributed by atoms with Gasteiger partial charge in [0.25, 0.3) is 5.91 Å². The zero-order valence-electron chi connectivity index (χ0n) is 10.8. The number of anilines is 2. The number of carbonyl (C=O) groups excluding carboxylic acids is 1. The molecule has 2 aromatic rings. The molecular weight excluding hydrogens is 337 g/mol. The highest BCUT2D eigenvalue weighted by molar-refractivity contribution is 6.45. The molecule has 0 aliphatic carbocycles. The third-order valence-electron chi connectivity index (χ3n) is 2.66. The molecule has 0 bridgehead atoms. The summed E-state index contributed by atoms with van der Waals surface area (Å²) >= 11 is 17.5.